The molecule has 4 nitrogen and oxygen atoms in total. The van der Waals surface area contributed by atoms with E-state index in [9.17, 15) is 0 Å². The van der Waals surface area contributed by atoms with Crippen molar-refractivity contribution in [1.82, 2.24) is 10.3 Å². The van der Waals surface area contributed by atoms with Gasteiger partial charge in [-0.3, -0.25) is 0 Å². The van der Waals surface area contributed by atoms with Gasteiger partial charge in [0.15, 0.2) is 0 Å². The molecule has 1 saturated heterocycles. The lowest BCUT2D eigenvalue weighted by Crippen LogP contribution is -2.36. The van der Waals surface area contributed by atoms with Crippen molar-refractivity contribution in [3.8, 4) is 5.88 Å². The highest BCUT2D eigenvalue weighted by Gasteiger charge is 2.17. The van der Waals surface area contributed by atoms with Gasteiger partial charge in [-0.15, -0.1) is 0 Å². The monoisotopic (exact) mass is 222 g/mol. The molecule has 1 aliphatic rings. The Morgan fingerprint density at radius 2 is 2.38 bits per heavy atom. The van der Waals surface area contributed by atoms with Crippen LogP contribution in [0, 0.1) is 6.92 Å². The second-order valence-corrected chi connectivity index (χ2v) is 4.03. The molecule has 88 valence electrons. The van der Waals surface area contributed by atoms with Gasteiger partial charge in [-0.05, 0) is 19.4 Å². The Balaban J connectivity index is 1.87. The van der Waals surface area contributed by atoms with Crippen molar-refractivity contribution in [2.24, 2.45) is 0 Å². The number of nitrogens with zero attached hydrogens (tertiary/aromatic N) is 1. The first-order chi connectivity index (χ1) is 7.79. The topological polar surface area (TPSA) is 43.4 Å². The van der Waals surface area contributed by atoms with Crippen molar-refractivity contribution >= 4 is 0 Å². The van der Waals surface area contributed by atoms with Gasteiger partial charge in [0.25, 0.3) is 0 Å². The third kappa shape index (κ3) is 2.71. The number of rotatable bonds is 5. The summed E-state index contributed by atoms with van der Waals surface area (Å²) in [6.45, 7) is 4.54. The lowest BCUT2D eigenvalue weighted by molar-refractivity contribution is -0.0484. The van der Waals surface area contributed by atoms with Gasteiger partial charge in [0.2, 0.25) is 5.88 Å². The normalized spacial score (nSPS) is 19.2. The maximum atomic E-state index is 5.33. The van der Waals surface area contributed by atoms with E-state index in [1.807, 2.05) is 13.0 Å². The van der Waals surface area contributed by atoms with E-state index in [2.05, 4.69) is 16.4 Å². The van der Waals surface area contributed by atoms with E-state index in [-0.39, 0.29) is 0 Å². The summed E-state index contributed by atoms with van der Waals surface area (Å²) in [7, 11) is 1.65. The first-order valence-electron chi connectivity index (χ1n) is 5.62. The summed E-state index contributed by atoms with van der Waals surface area (Å²) in [5, 5.41) is 3.35. The Morgan fingerprint density at radius 3 is 3.00 bits per heavy atom. The summed E-state index contributed by atoms with van der Waals surface area (Å²) in [6, 6.07) is 4.05. The number of aryl methyl sites for hydroxylation is 1. The van der Waals surface area contributed by atoms with Crippen LogP contribution in [0.25, 0.3) is 0 Å². The third-order valence-electron chi connectivity index (χ3n) is 2.75. The van der Waals surface area contributed by atoms with E-state index < -0.39 is 0 Å². The summed E-state index contributed by atoms with van der Waals surface area (Å²) in [4.78, 5) is 4.33. The molecule has 2 heterocycles. The number of methoxy groups -OCH3 is 1. The van der Waals surface area contributed by atoms with Crippen LogP contribution in [-0.2, 0) is 11.3 Å². The summed E-state index contributed by atoms with van der Waals surface area (Å²) >= 11 is 0. The van der Waals surface area contributed by atoms with E-state index in [0.717, 1.165) is 37.4 Å². The molecule has 0 bridgehead atoms. The van der Waals surface area contributed by atoms with Gasteiger partial charge < -0.3 is 14.8 Å². The smallest absolute Gasteiger partial charge is 0.217 e. The molecule has 1 atom stereocenters. The summed E-state index contributed by atoms with van der Waals surface area (Å²) < 4.78 is 10.6. The van der Waals surface area contributed by atoms with E-state index in [1.54, 1.807) is 7.11 Å². The maximum absolute atomic E-state index is 5.33. The Hall–Kier alpha value is -1.13. The van der Waals surface area contributed by atoms with Crippen LogP contribution in [0.15, 0.2) is 12.1 Å². The van der Waals surface area contributed by atoms with Gasteiger partial charge >= 0.3 is 0 Å². The fourth-order valence-corrected chi connectivity index (χ4v) is 1.69. The molecule has 1 aromatic heterocycles. The van der Waals surface area contributed by atoms with E-state index in [4.69, 9.17) is 9.47 Å². The first-order valence-corrected chi connectivity index (χ1v) is 5.62. The lowest BCUT2D eigenvalue weighted by Gasteiger charge is -2.26. The number of pyridine rings is 1. The molecule has 0 unspecified atom stereocenters. The quantitative estimate of drug-likeness (QED) is 0.815. The molecule has 1 fully saturated rings. The molecule has 1 N–H and O–H groups in total. The maximum Gasteiger partial charge on any atom is 0.217 e. The lowest BCUT2D eigenvalue weighted by atomic mass is 10.2. The van der Waals surface area contributed by atoms with E-state index >= 15 is 0 Å². The molecule has 2 rings (SSSR count). The molecule has 0 aliphatic carbocycles. The van der Waals surface area contributed by atoms with E-state index in [1.165, 1.54) is 0 Å². The molecule has 1 aromatic rings. The predicted molar refractivity (Wildman–Crippen MR) is 61.6 cm³/mol. The molecule has 0 aromatic carbocycles. The van der Waals surface area contributed by atoms with Crippen molar-refractivity contribution in [2.75, 3.05) is 20.3 Å². The van der Waals surface area contributed by atoms with Gasteiger partial charge in [0, 0.05) is 31.0 Å². The number of ether oxygens (including phenoxy) is 2. The van der Waals surface area contributed by atoms with Crippen LogP contribution in [0.4, 0.5) is 0 Å². The molecular weight excluding hydrogens is 204 g/mol. The standard InChI is InChI=1S/C12H18N2O2/c1-9-3-4-10(12(14-9)15-2)7-13-8-11-5-6-16-11/h3-4,11,13H,5-8H2,1-2H3/t11-/m0/s1. The largest absolute Gasteiger partial charge is 0.481 e. The van der Waals surface area contributed by atoms with Crippen LogP contribution in [-0.4, -0.2) is 31.3 Å². The SMILES string of the molecule is COc1nc(C)ccc1CNC[C@@H]1CCO1. The van der Waals surface area contributed by atoms with Gasteiger partial charge in [-0.1, -0.05) is 6.07 Å². The molecule has 0 amide bonds. The van der Waals surface area contributed by atoms with Gasteiger partial charge in [-0.25, -0.2) is 4.98 Å². The van der Waals surface area contributed by atoms with Crippen LogP contribution in [0.3, 0.4) is 0 Å². The second kappa shape index (κ2) is 5.27. The van der Waals surface area contributed by atoms with Crippen molar-refractivity contribution in [2.45, 2.75) is 26.0 Å². The predicted octanol–water partition coefficient (Wildman–Crippen LogP) is 1.28. The zero-order valence-electron chi connectivity index (χ0n) is 9.82. The Morgan fingerprint density at radius 1 is 1.56 bits per heavy atom. The average molecular weight is 222 g/mol. The van der Waals surface area contributed by atoms with Gasteiger partial charge in [0.05, 0.1) is 13.2 Å². The summed E-state index contributed by atoms with van der Waals surface area (Å²) in [5.74, 6) is 0.710. The van der Waals surface area contributed by atoms with Crippen molar-refractivity contribution in [3.05, 3.63) is 23.4 Å². The van der Waals surface area contributed by atoms with Crippen molar-refractivity contribution < 1.29 is 9.47 Å². The summed E-state index contributed by atoms with van der Waals surface area (Å²) in [6.07, 6.45) is 1.56. The Kier molecular flexibility index (Phi) is 3.74. The average Bonchev–Trinajstić information content (AvgIpc) is 2.23. The molecular formula is C12H18N2O2. The van der Waals surface area contributed by atoms with E-state index in [0.29, 0.717) is 12.0 Å². The number of hydrogen-bond acceptors (Lipinski definition) is 4. The van der Waals surface area contributed by atoms with Crippen LogP contribution in [0.2, 0.25) is 0 Å². The molecule has 1 aliphatic heterocycles. The highest BCUT2D eigenvalue weighted by atomic mass is 16.5. The number of hydrogen-bond donors (Lipinski definition) is 1. The zero-order chi connectivity index (χ0) is 11.4. The van der Waals surface area contributed by atoms with Crippen LogP contribution in [0.1, 0.15) is 17.7 Å². The minimum Gasteiger partial charge on any atom is -0.481 e. The number of aromatic nitrogens is 1. The Bertz CT molecular complexity index is 351. The Labute approximate surface area is 96.0 Å². The molecule has 0 spiro atoms. The first kappa shape index (κ1) is 11.4. The highest BCUT2D eigenvalue weighted by Crippen LogP contribution is 2.15. The molecule has 0 saturated carbocycles. The molecule has 0 radical (unpaired) electrons. The fourth-order valence-electron chi connectivity index (χ4n) is 1.69. The zero-order valence-corrected chi connectivity index (χ0v) is 9.82. The highest BCUT2D eigenvalue weighted by molar-refractivity contribution is 5.27. The second-order valence-electron chi connectivity index (χ2n) is 4.03. The van der Waals surface area contributed by atoms with Crippen molar-refractivity contribution in [1.29, 1.82) is 0 Å². The van der Waals surface area contributed by atoms with Crippen molar-refractivity contribution in [3.63, 3.8) is 0 Å². The minimum absolute atomic E-state index is 0.393. The third-order valence-corrected chi connectivity index (χ3v) is 2.75. The fraction of sp³-hybridized carbons (Fsp3) is 0.583. The van der Waals surface area contributed by atoms with Gasteiger partial charge in [-0.2, -0.15) is 0 Å². The van der Waals surface area contributed by atoms with Crippen LogP contribution < -0.4 is 10.1 Å². The molecule has 4 heteroatoms. The molecule has 16 heavy (non-hydrogen) atoms. The van der Waals surface area contributed by atoms with Crippen LogP contribution in [0.5, 0.6) is 5.88 Å². The summed E-state index contributed by atoms with van der Waals surface area (Å²) in [5.41, 5.74) is 2.07. The van der Waals surface area contributed by atoms with Gasteiger partial charge in [0.1, 0.15) is 0 Å². The number of nitrogens with one attached hydrogen (secondary N) is 1. The van der Waals surface area contributed by atoms with Crippen LogP contribution >= 0.6 is 0 Å². The minimum atomic E-state index is 0.393.